The molecule has 1 N–H and O–H groups in total. The minimum Gasteiger partial charge on any atom is -0.511 e. The molecule has 1 saturated carbocycles. The smallest absolute Gasteiger partial charge is 0.416 e. The van der Waals surface area contributed by atoms with Crippen LogP contribution < -0.4 is 0 Å². The first-order valence-electron chi connectivity index (χ1n) is 15.0. The Kier molecular flexibility index (Phi) is 13.7. The van der Waals surface area contributed by atoms with Crippen molar-refractivity contribution in [3.8, 4) is 0 Å². The quantitative estimate of drug-likeness (QED) is 0.0944. The number of aliphatic hydroxyl groups excluding tert-OH is 1. The number of hydrogen-bond acceptors (Lipinski definition) is 10. The highest BCUT2D eigenvalue weighted by atomic mass is 35.5. The van der Waals surface area contributed by atoms with E-state index in [1.807, 2.05) is 18.7 Å². The highest BCUT2D eigenvalue weighted by Crippen LogP contribution is 2.42. The summed E-state index contributed by atoms with van der Waals surface area (Å²) in [5, 5.41) is 18.4. The largest absolute Gasteiger partial charge is 0.511 e. The molecule has 1 aromatic carbocycles. The molecule has 4 rings (SSSR count). The van der Waals surface area contributed by atoms with Gasteiger partial charge >= 0.3 is 6.18 Å². The number of ketones is 2. The van der Waals surface area contributed by atoms with Crippen LogP contribution in [0.5, 0.6) is 0 Å². The molecule has 2 atom stereocenters. The first-order chi connectivity index (χ1) is 22.1. The van der Waals surface area contributed by atoms with Crippen LogP contribution in [0.1, 0.15) is 92.5 Å². The Morgan fingerprint density at radius 1 is 1.26 bits per heavy atom. The third kappa shape index (κ3) is 10.7. The van der Waals surface area contributed by atoms with Gasteiger partial charge in [-0.25, -0.2) is 8.42 Å². The number of nitrogens with zero attached hydrogens (tertiary/aromatic N) is 2. The van der Waals surface area contributed by atoms with E-state index < -0.39 is 32.3 Å². The molecule has 1 aromatic heterocycles. The van der Waals surface area contributed by atoms with Gasteiger partial charge in [0, 0.05) is 41.4 Å². The van der Waals surface area contributed by atoms with Crippen molar-refractivity contribution in [1.29, 1.82) is 0 Å². The Morgan fingerprint density at radius 2 is 1.96 bits per heavy atom. The predicted octanol–water partition coefficient (Wildman–Crippen LogP) is 8.05. The van der Waals surface area contributed by atoms with Crippen molar-refractivity contribution in [2.45, 2.75) is 81.5 Å². The van der Waals surface area contributed by atoms with E-state index in [1.165, 1.54) is 11.7 Å². The van der Waals surface area contributed by atoms with Crippen LogP contribution in [0.2, 0.25) is 0 Å². The number of allylic oxidation sites excluding steroid dienone is 2. The number of hydrogen-bond donors (Lipinski definition) is 1. The van der Waals surface area contributed by atoms with Crippen LogP contribution in [-0.4, -0.2) is 59.8 Å². The Morgan fingerprint density at radius 3 is 2.51 bits per heavy atom. The number of alkyl halides is 3. The molecule has 2 unspecified atom stereocenters. The standard InChI is InChI=1S/C17H26ClNO3S.C15H12F3NO4S/c1-4-14(19-22-8-6-7-18)17-15(20)10-13(11-16(17)21)9-12(3)23-5-2;1-24(21,22)12-6-9(15(16,17)18)4-5-10(12)13(20)11-7-19-23-14(11)8-2-3-8/h6-7,12-13,20H,4-5,8-11H2,1-3H3;4-8H,2-3H2,1H3/b7-6+,19-14+;. The summed E-state index contributed by atoms with van der Waals surface area (Å²) in [6.45, 7) is 6.43. The number of benzene rings is 1. The number of oxime groups is 1. The fraction of sp³-hybridized carbons (Fsp3) is 0.500. The Balaban J connectivity index is 0.000000256. The Hall–Kier alpha value is -3.10. The number of carbonyl (C=O) groups is 2. The van der Waals surface area contributed by atoms with Crippen LogP contribution in [0.3, 0.4) is 0 Å². The topological polar surface area (TPSA) is 136 Å². The normalized spacial score (nSPS) is 18.3. The van der Waals surface area contributed by atoms with Gasteiger partial charge in [-0.15, -0.1) is 0 Å². The number of thioether (sulfide) groups is 1. The summed E-state index contributed by atoms with van der Waals surface area (Å²) in [6, 6.07) is 2.05. The molecule has 0 saturated heterocycles. The van der Waals surface area contributed by atoms with Crippen molar-refractivity contribution >= 4 is 50.5 Å². The summed E-state index contributed by atoms with van der Waals surface area (Å²) in [7, 11) is -4.04. The van der Waals surface area contributed by atoms with Gasteiger partial charge in [0.15, 0.2) is 27.2 Å². The molecule has 1 heterocycles. The molecule has 0 amide bonds. The zero-order valence-electron chi connectivity index (χ0n) is 26.5. The molecule has 2 aliphatic rings. The van der Waals surface area contributed by atoms with E-state index in [4.69, 9.17) is 21.0 Å². The van der Waals surface area contributed by atoms with Gasteiger partial charge < -0.3 is 14.5 Å². The van der Waals surface area contributed by atoms with Crippen LogP contribution in [0, 0.1) is 5.92 Å². The summed E-state index contributed by atoms with van der Waals surface area (Å²) in [4.78, 5) is 29.5. The Labute approximate surface area is 281 Å². The van der Waals surface area contributed by atoms with Crippen LogP contribution in [0.15, 0.2) is 61.9 Å². The lowest BCUT2D eigenvalue weighted by atomic mass is 9.82. The van der Waals surface area contributed by atoms with Gasteiger partial charge in [0.1, 0.15) is 12.4 Å². The molecule has 2 aliphatic carbocycles. The summed E-state index contributed by atoms with van der Waals surface area (Å²) < 4.78 is 67.3. The van der Waals surface area contributed by atoms with Gasteiger partial charge in [-0.3, -0.25) is 9.59 Å². The van der Waals surface area contributed by atoms with E-state index >= 15 is 0 Å². The maximum atomic E-state index is 12.8. The van der Waals surface area contributed by atoms with Crippen molar-refractivity contribution in [2.24, 2.45) is 11.1 Å². The molecular weight excluding hydrogens is 681 g/mol. The third-order valence-electron chi connectivity index (χ3n) is 7.44. The SMILES string of the molecule is CCSC(C)CC1CC(=O)C(/C(CC)=N/OC/C=C/Cl)=C(O)C1.CS(=O)(=O)c1cc(C(F)(F)F)ccc1C(=O)c1cnoc1C1CC1. The Bertz CT molecular complexity index is 1630. The maximum Gasteiger partial charge on any atom is 0.416 e. The summed E-state index contributed by atoms with van der Waals surface area (Å²) in [6.07, 6.45) is 2.94. The van der Waals surface area contributed by atoms with Gasteiger partial charge in [-0.1, -0.05) is 42.7 Å². The van der Waals surface area contributed by atoms with Gasteiger partial charge in [0.05, 0.1) is 33.5 Å². The molecule has 0 bridgehead atoms. The highest BCUT2D eigenvalue weighted by molar-refractivity contribution is 7.99. The van der Waals surface area contributed by atoms with E-state index in [-0.39, 0.29) is 41.1 Å². The number of halogens is 4. The molecule has 0 spiro atoms. The fourth-order valence-electron chi connectivity index (χ4n) is 5.17. The van der Waals surface area contributed by atoms with Crippen molar-refractivity contribution < 1.29 is 45.6 Å². The van der Waals surface area contributed by atoms with Crippen molar-refractivity contribution in [1.82, 2.24) is 5.16 Å². The number of aromatic nitrogens is 1. The maximum absolute atomic E-state index is 12.8. The fourth-order valence-corrected chi connectivity index (χ4v) is 7.12. The number of rotatable bonds is 13. The second-order valence-electron chi connectivity index (χ2n) is 11.3. The van der Waals surface area contributed by atoms with Gasteiger partial charge in [-0.2, -0.15) is 24.9 Å². The molecule has 0 aliphatic heterocycles. The second kappa shape index (κ2) is 16.8. The monoisotopic (exact) mass is 718 g/mol. The lowest BCUT2D eigenvalue weighted by molar-refractivity contribution is -0.137. The van der Waals surface area contributed by atoms with Gasteiger partial charge in [0.2, 0.25) is 0 Å². The van der Waals surface area contributed by atoms with Crippen LogP contribution in [0.4, 0.5) is 13.2 Å². The lowest BCUT2D eigenvalue weighted by Gasteiger charge is -2.25. The number of Topliss-reactive ketones (excluding diaryl/α,β-unsaturated/α-hetero) is 1. The first-order valence-corrected chi connectivity index (χ1v) is 18.4. The number of aliphatic hydroxyl groups is 1. The molecule has 15 heteroatoms. The average Bonchev–Trinajstić information content (AvgIpc) is 3.72. The van der Waals surface area contributed by atoms with E-state index in [2.05, 4.69) is 24.2 Å². The average molecular weight is 719 g/mol. The lowest BCUT2D eigenvalue weighted by Crippen LogP contribution is -2.26. The van der Waals surface area contributed by atoms with E-state index in [0.717, 1.165) is 37.3 Å². The number of carbonyl (C=O) groups excluding carboxylic acids is 2. The van der Waals surface area contributed by atoms with Crippen molar-refractivity contribution in [3.05, 3.63) is 69.8 Å². The van der Waals surface area contributed by atoms with Gasteiger partial charge in [0.25, 0.3) is 0 Å². The van der Waals surface area contributed by atoms with Crippen molar-refractivity contribution in [3.63, 3.8) is 0 Å². The van der Waals surface area contributed by atoms with E-state index in [9.17, 15) is 36.3 Å². The highest BCUT2D eigenvalue weighted by Gasteiger charge is 2.36. The first kappa shape index (κ1) is 38.3. The third-order valence-corrected chi connectivity index (χ3v) is 9.85. The molecule has 47 heavy (non-hydrogen) atoms. The van der Waals surface area contributed by atoms with Crippen LogP contribution >= 0.6 is 23.4 Å². The second-order valence-corrected chi connectivity index (χ2v) is 15.2. The van der Waals surface area contributed by atoms with Gasteiger partial charge in [-0.05, 0) is 61.6 Å². The van der Waals surface area contributed by atoms with E-state index in [0.29, 0.717) is 53.7 Å². The molecule has 0 radical (unpaired) electrons. The summed E-state index contributed by atoms with van der Waals surface area (Å²) in [5.74, 6) is 1.06. The van der Waals surface area contributed by atoms with Crippen molar-refractivity contribution in [2.75, 3.05) is 18.6 Å². The van der Waals surface area contributed by atoms with Crippen LogP contribution in [-0.2, 0) is 25.6 Å². The minimum atomic E-state index is -4.71. The number of sulfone groups is 1. The zero-order valence-corrected chi connectivity index (χ0v) is 28.9. The van der Waals surface area contributed by atoms with E-state index in [1.54, 1.807) is 6.08 Å². The molecule has 1 fully saturated rings. The zero-order chi connectivity index (χ0) is 34.9. The summed E-state index contributed by atoms with van der Waals surface area (Å²) in [5.41, 5.74) is 0.827. The summed E-state index contributed by atoms with van der Waals surface area (Å²) >= 11 is 7.30. The molecular formula is C32H38ClF3N2O7S2. The molecule has 9 nitrogen and oxygen atoms in total. The molecule has 258 valence electrons. The minimum absolute atomic E-state index is 0.0375. The van der Waals surface area contributed by atoms with Crippen LogP contribution in [0.25, 0.3) is 0 Å². The molecule has 2 aromatic rings. The predicted molar refractivity (Wildman–Crippen MR) is 175 cm³/mol.